The zero-order valence-electron chi connectivity index (χ0n) is 16.1. The van der Waals surface area contributed by atoms with Gasteiger partial charge in [0, 0.05) is 42.8 Å². The number of benzene rings is 2. The lowest BCUT2D eigenvalue weighted by atomic mass is 10.2. The van der Waals surface area contributed by atoms with Crippen LogP contribution in [0.25, 0.3) is 5.69 Å². The number of hydrogen-bond donors (Lipinski definition) is 0. The number of carbonyl (C=O) groups excluding carboxylic acids is 1. The van der Waals surface area contributed by atoms with Gasteiger partial charge in [0.1, 0.15) is 5.82 Å². The number of anilines is 1. The van der Waals surface area contributed by atoms with Crippen LogP contribution in [0.5, 0.6) is 0 Å². The van der Waals surface area contributed by atoms with Crippen LogP contribution in [-0.4, -0.2) is 46.8 Å². The standard InChI is InChI=1S/C22H21ClN4O2/c1-16-2-8-19(9-3-16)27-21(28)11-10-20(24-27)25-12-14-26(15-13-25)22(29)17-4-6-18(23)7-5-17/h2-11H,12-15H2,1H3. The Morgan fingerprint density at radius 2 is 1.55 bits per heavy atom. The molecule has 1 amide bonds. The van der Waals surface area contributed by atoms with E-state index in [2.05, 4.69) is 10.00 Å². The molecule has 1 saturated heterocycles. The van der Waals surface area contributed by atoms with Crippen molar-refractivity contribution in [3.05, 3.63) is 87.2 Å². The number of piperazine rings is 1. The normalized spacial score (nSPS) is 14.1. The molecule has 0 aliphatic carbocycles. The maximum atomic E-state index is 12.7. The Morgan fingerprint density at radius 1 is 0.897 bits per heavy atom. The van der Waals surface area contributed by atoms with E-state index < -0.39 is 0 Å². The number of aromatic nitrogens is 2. The number of rotatable bonds is 3. The quantitative estimate of drug-likeness (QED) is 0.668. The number of aryl methyl sites for hydroxylation is 1. The van der Waals surface area contributed by atoms with Crippen molar-refractivity contribution >= 4 is 23.3 Å². The van der Waals surface area contributed by atoms with E-state index in [-0.39, 0.29) is 11.5 Å². The van der Waals surface area contributed by atoms with Crippen LogP contribution in [0.4, 0.5) is 5.82 Å². The van der Waals surface area contributed by atoms with E-state index in [1.54, 1.807) is 30.3 Å². The van der Waals surface area contributed by atoms with Gasteiger partial charge in [0.2, 0.25) is 0 Å². The Hall–Kier alpha value is -3.12. The second-order valence-electron chi connectivity index (χ2n) is 7.06. The summed E-state index contributed by atoms with van der Waals surface area (Å²) in [5.41, 5.74) is 2.32. The summed E-state index contributed by atoms with van der Waals surface area (Å²) in [4.78, 5) is 28.9. The molecule has 7 heteroatoms. The van der Waals surface area contributed by atoms with Gasteiger partial charge >= 0.3 is 0 Å². The molecule has 0 radical (unpaired) electrons. The molecule has 0 unspecified atom stereocenters. The first-order valence-electron chi connectivity index (χ1n) is 9.48. The molecule has 6 nitrogen and oxygen atoms in total. The van der Waals surface area contributed by atoms with Crippen molar-refractivity contribution in [3.8, 4) is 5.69 Å². The van der Waals surface area contributed by atoms with Gasteiger partial charge in [-0.15, -0.1) is 5.10 Å². The van der Waals surface area contributed by atoms with E-state index in [0.29, 0.717) is 36.8 Å². The van der Waals surface area contributed by atoms with Crippen LogP contribution in [0.2, 0.25) is 5.02 Å². The highest BCUT2D eigenvalue weighted by molar-refractivity contribution is 6.30. The molecule has 0 saturated carbocycles. The molecule has 0 N–H and O–H groups in total. The fourth-order valence-electron chi connectivity index (χ4n) is 3.35. The molecule has 1 aliphatic heterocycles. The zero-order chi connectivity index (χ0) is 20.4. The van der Waals surface area contributed by atoms with Crippen molar-refractivity contribution in [2.45, 2.75) is 6.92 Å². The summed E-state index contributed by atoms with van der Waals surface area (Å²) in [6.45, 7) is 4.48. The van der Waals surface area contributed by atoms with E-state index >= 15 is 0 Å². The predicted molar refractivity (Wildman–Crippen MR) is 114 cm³/mol. The molecule has 2 aromatic carbocycles. The molecule has 0 bridgehead atoms. The third-order valence-electron chi connectivity index (χ3n) is 5.05. The van der Waals surface area contributed by atoms with Crippen molar-refractivity contribution in [3.63, 3.8) is 0 Å². The summed E-state index contributed by atoms with van der Waals surface area (Å²) >= 11 is 5.90. The van der Waals surface area contributed by atoms with Gasteiger partial charge < -0.3 is 9.80 Å². The van der Waals surface area contributed by atoms with Crippen molar-refractivity contribution in [1.82, 2.24) is 14.7 Å². The maximum Gasteiger partial charge on any atom is 0.271 e. The van der Waals surface area contributed by atoms with Crippen molar-refractivity contribution < 1.29 is 4.79 Å². The van der Waals surface area contributed by atoms with Crippen molar-refractivity contribution in [2.24, 2.45) is 0 Å². The van der Waals surface area contributed by atoms with Crippen LogP contribution in [0.1, 0.15) is 15.9 Å². The van der Waals surface area contributed by atoms with E-state index in [0.717, 1.165) is 17.1 Å². The predicted octanol–water partition coefficient (Wildman–Crippen LogP) is 3.16. The van der Waals surface area contributed by atoms with E-state index in [1.807, 2.05) is 36.1 Å². The highest BCUT2D eigenvalue weighted by Crippen LogP contribution is 2.16. The van der Waals surface area contributed by atoms with Crippen LogP contribution in [0, 0.1) is 6.92 Å². The van der Waals surface area contributed by atoms with Crippen LogP contribution >= 0.6 is 11.6 Å². The van der Waals surface area contributed by atoms with Crippen LogP contribution in [0.15, 0.2) is 65.5 Å². The van der Waals surface area contributed by atoms with E-state index in [1.165, 1.54) is 10.7 Å². The molecule has 29 heavy (non-hydrogen) atoms. The lowest BCUT2D eigenvalue weighted by Crippen LogP contribution is -2.49. The van der Waals surface area contributed by atoms with Gasteiger partial charge in [0.25, 0.3) is 11.5 Å². The molecular formula is C22H21ClN4O2. The molecule has 1 aromatic heterocycles. The maximum absolute atomic E-state index is 12.7. The van der Waals surface area contributed by atoms with Crippen molar-refractivity contribution in [2.75, 3.05) is 31.1 Å². The lowest BCUT2D eigenvalue weighted by molar-refractivity contribution is 0.0746. The Bertz CT molecular complexity index is 1070. The number of amides is 1. The fourth-order valence-corrected chi connectivity index (χ4v) is 3.48. The SMILES string of the molecule is Cc1ccc(-n2nc(N3CCN(C(=O)c4ccc(Cl)cc4)CC3)ccc2=O)cc1. The van der Waals surface area contributed by atoms with E-state index in [9.17, 15) is 9.59 Å². The molecule has 4 rings (SSSR count). The van der Waals surface area contributed by atoms with Gasteiger partial charge in [-0.05, 0) is 49.4 Å². The first-order valence-corrected chi connectivity index (χ1v) is 9.86. The van der Waals surface area contributed by atoms with Gasteiger partial charge in [-0.1, -0.05) is 29.3 Å². The second-order valence-corrected chi connectivity index (χ2v) is 7.50. The average Bonchev–Trinajstić information content (AvgIpc) is 2.75. The Kier molecular flexibility index (Phi) is 5.36. The van der Waals surface area contributed by atoms with Gasteiger partial charge in [0.15, 0.2) is 0 Å². The average molecular weight is 409 g/mol. The molecular weight excluding hydrogens is 388 g/mol. The van der Waals surface area contributed by atoms with Gasteiger partial charge in [-0.25, -0.2) is 0 Å². The highest BCUT2D eigenvalue weighted by atomic mass is 35.5. The first-order chi connectivity index (χ1) is 14.0. The van der Waals surface area contributed by atoms with Gasteiger partial charge in [0.05, 0.1) is 5.69 Å². The zero-order valence-corrected chi connectivity index (χ0v) is 16.8. The Labute approximate surface area is 173 Å². The van der Waals surface area contributed by atoms with Crippen LogP contribution in [0.3, 0.4) is 0 Å². The van der Waals surface area contributed by atoms with Gasteiger partial charge in [-0.2, -0.15) is 4.68 Å². The third-order valence-corrected chi connectivity index (χ3v) is 5.30. The molecule has 2 heterocycles. The minimum atomic E-state index is -0.172. The lowest BCUT2D eigenvalue weighted by Gasteiger charge is -2.35. The topological polar surface area (TPSA) is 58.4 Å². The smallest absolute Gasteiger partial charge is 0.271 e. The number of carbonyl (C=O) groups is 1. The molecule has 0 spiro atoms. The number of nitrogens with zero attached hydrogens (tertiary/aromatic N) is 4. The third kappa shape index (κ3) is 4.17. The summed E-state index contributed by atoms with van der Waals surface area (Å²) in [6, 6.07) is 17.9. The largest absolute Gasteiger partial charge is 0.352 e. The Morgan fingerprint density at radius 3 is 2.21 bits per heavy atom. The number of hydrogen-bond acceptors (Lipinski definition) is 4. The van der Waals surface area contributed by atoms with E-state index in [4.69, 9.17) is 11.6 Å². The minimum absolute atomic E-state index is 0.00102. The molecule has 1 fully saturated rings. The van der Waals surface area contributed by atoms with Crippen molar-refractivity contribution in [1.29, 1.82) is 0 Å². The molecule has 3 aromatic rings. The van der Waals surface area contributed by atoms with Gasteiger partial charge in [-0.3, -0.25) is 9.59 Å². The summed E-state index contributed by atoms with van der Waals surface area (Å²) < 4.78 is 1.42. The highest BCUT2D eigenvalue weighted by Gasteiger charge is 2.23. The minimum Gasteiger partial charge on any atom is -0.352 e. The summed E-state index contributed by atoms with van der Waals surface area (Å²) in [7, 11) is 0. The Balaban J connectivity index is 1.48. The second kappa shape index (κ2) is 8.09. The fraction of sp³-hybridized carbons (Fsp3) is 0.227. The number of halogens is 1. The molecule has 148 valence electrons. The van der Waals surface area contributed by atoms with Crippen LogP contribution in [-0.2, 0) is 0 Å². The first kappa shape index (κ1) is 19.2. The summed E-state index contributed by atoms with van der Waals surface area (Å²) in [5.74, 6) is 0.725. The monoisotopic (exact) mass is 408 g/mol. The molecule has 1 aliphatic rings. The van der Waals surface area contributed by atoms with Crippen LogP contribution < -0.4 is 10.5 Å². The molecule has 0 atom stereocenters. The summed E-state index contributed by atoms with van der Waals surface area (Å²) in [6.07, 6.45) is 0. The summed E-state index contributed by atoms with van der Waals surface area (Å²) in [5, 5.41) is 5.16.